The molecule has 0 amide bonds. The standard InChI is InChI=1S/C15H19NO3.C2H6/c1-13-12-14(16-19-13)8-11-17-9-5-10-18-15-6-3-2-4-7-15;1-2/h2-4,6-7,12H,5,8-11H2,1H3;1-2H3. The van der Waals surface area contributed by atoms with Crippen molar-refractivity contribution < 1.29 is 14.0 Å². The number of nitrogens with zero attached hydrogens (tertiary/aromatic N) is 1. The molecule has 1 heterocycles. The molecule has 21 heavy (non-hydrogen) atoms. The van der Waals surface area contributed by atoms with E-state index in [0.29, 0.717) is 19.8 Å². The predicted octanol–water partition coefficient (Wildman–Crippen LogP) is 4.04. The lowest BCUT2D eigenvalue weighted by atomic mass is 10.3. The van der Waals surface area contributed by atoms with Crippen molar-refractivity contribution in [2.75, 3.05) is 19.8 Å². The third-order valence-electron chi connectivity index (χ3n) is 2.62. The van der Waals surface area contributed by atoms with E-state index in [1.165, 1.54) is 0 Å². The number of ether oxygens (including phenoxy) is 2. The van der Waals surface area contributed by atoms with E-state index in [-0.39, 0.29) is 0 Å². The van der Waals surface area contributed by atoms with Crippen LogP contribution in [-0.2, 0) is 11.2 Å². The van der Waals surface area contributed by atoms with Crippen molar-refractivity contribution in [3.05, 3.63) is 47.9 Å². The minimum atomic E-state index is 0.664. The smallest absolute Gasteiger partial charge is 0.133 e. The van der Waals surface area contributed by atoms with E-state index in [1.54, 1.807) is 0 Å². The number of aryl methyl sites for hydroxylation is 1. The molecule has 0 unspecified atom stereocenters. The summed E-state index contributed by atoms with van der Waals surface area (Å²) < 4.78 is 16.1. The molecule has 0 saturated carbocycles. The Labute approximate surface area is 127 Å². The zero-order valence-electron chi connectivity index (χ0n) is 13.2. The minimum Gasteiger partial charge on any atom is -0.494 e. The summed E-state index contributed by atoms with van der Waals surface area (Å²) in [5, 5.41) is 3.91. The van der Waals surface area contributed by atoms with E-state index in [0.717, 1.165) is 30.0 Å². The van der Waals surface area contributed by atoms with Crippen molar-refractivity contribution in [1.82, 2.24) is 5.16 Å². The van der Waals surface area contributed by atoms with Crippen LogP contribution in [-0.4, -0.2) is 25.0 Å². The van der Waals surface area contributed by atoms with Crippen LogP contribution in [0, 0.1) is 6.92 Å². The van der Waals surface area contributed by atoms with Crippen LogP contribution in [0.15, 0.2) is 40.9 Å². The molecule has 4 heteroatoms. The van der Waals surface area contributed by atoms with Gasteiger partial charge >= 0.3 is 0 Å². The zero-order valence-corrected chi connectivity index (χ0v) is 13.2. The normalized spacial score (nSPS) is 9.86. The van der Waals surface area contributed by atoms with Crippen LogP contribution in [0.25, 0.3) is 0 Å². The van der Waals surface area contributed by atoms with Gasteiger partial charge in [-0.05, 0) is 19.1 Å². The largest absolute Gasteiger partial charge is 0.494 e. The number of hydrogen-bond acceptors (Lipinski definition) is 4. The van der Waals surface area contributed by atoms with Gasteiger partial charge in [-0.1, -0.05) is 37.2 Å². The quantitative estimate of drug-likeness (QED) is 0.689. The molecule has 116 valence electrons. The molecule has 2 rings (SSSR count). The summed E-state index contributed by atoms with van der Waals surface area (Å²) in [7, 11) is 0. The third kappa shape index (κ3) is 7.51. The van der Waals surface area contributed by atoms with Crippen molar-refractivity contribution in [3.8, 4) is 5.75 Å². The molecule has 0 aliphatic heterocycles. The molecule has 0 spiro atoms. The highest BCUT2D eigenvalue weighted by Crippen LogP contribution is 2.08. The van der Waals surface area contributed by atoms with Gasteiger partial charge in [0.1, 0.15) is 11.5 Å². The first kappa shape index (κ1) is 17.2. The Bertz CT molecular complexity index is 468. The van der Waals surface area contributed by atoms with E-state index in [1.807, 2.05) is 57.2 Å². The summed E-state index contributed by atoms with van der Waals surface area (Å²) in [6.07, 6.45) is 1.67. The second-order valence-electron chi connectivity index (χ2n) is 4.31. The number of benzene rings is 1. The van der Waals surface area contributed by atoms with Gasteiger partial charge in [0, 0.05) is 25.5 Å². The minimum absolute atomic E-state index is 0.664. The van der Waals surface area contributed by atoms with E-state index < -0.39 is 0 Å². The van der Waals surface area contributed by atoms with Crippen LogP contribution < -0.4 is 4.74 Å². The highest BCUT2D eigenvalue weighted by Gasteiger charge is 1.99. The molecule has 1 aromatic heterocycles. The fourth-order valence-electron chi connectivity index (χ4n) is 1.68. The molecule has 0 bridgehead atoms. The highest BCUT2D eigenvalue weighted by molar-refractivity contribution is 5.20. The Morgan fingerprint density at radius 3 is 2.48 bits per heavy atom. The second-order valence-corrected chi connectivity index (χ2v) is 4.31. The summed E-state index contributed by atoms with van der Waals surface area (Å²) in [4.78, 5) is 0. The van der Waals surface area contributed by atoms with Crippen molar-refractivity contribution >= 4 is 0 Å². The average molecular weight is 291 g/mol. The topological polar surface area (TPSA) is 44.5 Å². The zero-order chi connectivity index (χ0) is 15.3. The van der Waals surface area contributed by atoms with Gasteiger partial charge in [0.2, 0.25) is 0 Å². The van der Waals surface area contributed by atoms with E-state index in [4.69, 9.17) is 14.0 Å². The van der Waals surface area contributed by atoms with E-state index in [9.17, 15) is 0 Å². The Balaban J connectivity index is 0.00000106. The monoisotopic (exact) mass is 291 g/mol. The molecule has 0 N–H and O–H groups in total. The van der Waals surface area contributed by atoms with Gasteiger partial charge in [0.15, 0.2) is 0 Å². The summed E-state index contributed by atoms with van der Waals surface area (Å²) >= 11 is 0. The number of aromatic nitrogens is 1. The molecule has 0 radical (unpaired) electrons. The molecule has 0 saturated heterocycles. The van der Waals surface area contributed by atoms with Gasteiger partial charge in [-0.15, -0.1) is 0 Å². The molecule has 4 nitrogen and oxygen atoms in total. The number of para-hydroxylation sites is 1. The van der Waals surface area contributed by atoms with Crippen LogP contribution in [0.3, 0.4) is 0 Å². The fraction of sp³-hybridized carbons (Fsp3) is 0.471. The SMILES string of the molecule is CC.Cc1cc(CCOCCCOc2ccccc2)no1. The highest BCUT2D eigenvalue weighted by atomic mass is 16.5. The maximum absolute atomic E-state index is 5.57. The molecule has 2 aromatic rings. The Morgan fingerprint density at radius 1 is 1.05 bits per heavy atom. The maximum Gasteiger partial charge on any atom is 0.133 e. The van der Waals surface area contributed by atoms with E-state index >= 15 is 0 Å². The molecular formula is C17H25NO3. The maximum atomic E-state index is 5.57. The molecule has 0 aliphatic rings. The van der Waals surface area contributed by atoms with Gasteiger partial charge in [0.05, 0.1) is 18.9 Å². The predicted molar refractivity (Wildman–Crippen MR) is 83.7 cm³/mol. The third-order valence-corrected chi connectivity index (χ3v) is 2.62. The second kappa shape index (κ2) is 10.9. The molecule has 0 aliphatic carbocycles. The first-order chi connectivity index (χ1) is 10.3. The Kier molecular flexibility index (Phi) is 8.96. The van der Waals surface area contributed by atoms with Crippen LogP contribution in [0.5, 0.6) is 5.75 Å². The van der Waals surface area contributed by atoms with Gasteiger partial charge in [-0.2, -0.15) is 0 Å². The summed E-state index contributed by atoms with van der Waals surface area (Å²) in [5.74, 6) is 1.74. The first-order valence-corrected chi connectivity index (χ1v) is 7.52. The van der Waals surface area contributed by atoms with Crippen LogP contribution in [0.2, 0.25) is 0 Å². The van der Waals surface area contributed by atoms with Crippen molar-refractivity contribution in [3.63, 3.8) is 0 Å². The average Bonchev–Trinajstić information content (AvgIpc) is 2.95. The molecule has 0 atom stereocenters. The van der Waals surface area contributed by atoms with Crippen molar-refractivity contribution in [2.24, 2.45) is 0 Å². The fourth-order valence-corrected chi connectivity index (χ4v) is 1.68. The van der Waals surface area contributed by atoms with Gasteiger partial charge in [0.25, 0.3) is 0 Å². The molecular weight excluding hydrogens is 266 g/mol. The van der Waals surface area contributed by atoms with E-state index in [2.05, 4.69) is 5.16 Å². The Hall–Kier alpha value is -1.81. The van der Waals surface area contributed by atoms with Crippen LogP contribution in [0.1, 0.15) is 31.7 Å². The van der Waals surface area contributed by atoms with Gasteiger partial charge < -0.3 is 14.0 Å². The lowest BCUT2D eigenvalue weighted by Gasteiger charge is -2.06. The first-order valence-electron chi connectivity index (χ1n) is 7.52. The van der Waals surface area contributed by atoms with Crippen LogP contribution in [0.4, 0.5) is 0 Å². The van der Waals surface area contributed by atoms with Crippen molar-refractivity contribution in [1.29, 1.82) is 0 Å². The number of rotatable bonds is 8. The summed E-state index contributed by atoms with van der Waals surface area (Å²) in [6, 6.07) is 11.7. The van der Waals surface area contributed by atoms with Crippen LogP contribution >= 0.6 is 0 Å². The molecule has 0 fully saturated rings. The summed E-state index contributed by atoms with van der Waals surface area (Å²) in [6.45, 7) is 7.92. The van der Waals surface area contributed by atoms with Gasteiger partial charge in [-0.3, -0.25) is 0 Å². The van der Waals surface area contributed by atoms with Crippen molar-refractivity contribution in [2.45, 2.75) is 33.6 Å². The molecule has 1 aromatic carbocycles. The van der Waals surface area contributed by atoms with Gasteiger partial charge in [-0.25, -0.2) is 0 Å². The summed E-state index contributed by atoms with van der Waals surface area (Å²) in [5.41, 5.74) is 0.943. The lowest BCUT2D eigenvalue weighted by Crippen LogP contribution is -2.05. The Morgan fingerprint density at radius 2 is 1.81 bits per heavy atom. The lowest BCUT2D eigenvalue weighted by molar-refractivity contribution is 0.121. The number of hydrogen-bond donors (Lipinski definition) is 0.